The van der Waals surface area contributed by atoms with Crippen LogP contribution >= 0.6 is 11.6 Å². The van der Waals surface area contributed by atoms with Gasteiger partial charge in [-0.05, 0) is 41.8 Å². The molecular weight excluding hydrogens is 496 g/mol. The van der Waals surface area contributed by atoms with Gasteiger partial charge < -0.3 is 19.1 Å². The molecule has 9 heteroatoms. The normalized spacial score (nSPS) is 10.6. The Bertz CT molecular complexity index is 1370. The molecule has 4 aromatic rings. The molecule has 0 saturated carbocycles. The molecule has 0 unspecified atom stereocenters. The summed E-state index contributed by atoms with van der Waals surface area (Å²) in [6, 6.07) is 21.8. The number of aliphatic carboxylic acids is 1. The standard InChI is InChI=1S/C28H25ClN2O6/c1-18-26(30-28(34)35-15-14-21-4-2-3-5-24(21)29)27(37-31-18)22-10-6-20(7-11-22)17-36-23-12-8-19(9-13-23)16-25(32)33/h2-13H,14-17H2,1H3,(H,30,34)(H,32,33). The van der Waals surface area contributed by atoms with E-state index in [-0.39, 0.29) is 13.0 Å². The summed E-state index contributed by atoms with van der Waals surface area (Å²) in [5, 5.41) is 16.2. The van der Waals surface area contributed by atoms with Crippen molar-refractivity contribution in [3.63, 3.8) is 0 Å². The SMILES string of the molecule is Cc1noc(-c2ccc(COc3ccc(CC(=O)O)cc3)cc2)c1NC(=O)OCCc1ccccc1Cl. The second-order valence-corrected chi connectivity index (χ2v) is 8.68. The van der Waals surface area contributed by atoms with E-state index in [1.165, 1.54) is 0 Å². The van der Waals surface area contributed by atoms with E-state index in [1.807, 2.05) is 42.5 Å². The minimum Gasteiger partial charge on any atom is -0.489 e. The third-order valence-electron chi connectivity index (χ3n) is 5.55. The van der Waals surface area contributed by atoms with Crippen LogP contribution < -0.4 is 10.1 Å². The highest BCUT2D eigenvalue weighted by Crippen LogP contribution is 2.31. The summed E-state index contributed by atoms with van der Waals surface area (Å²) in [6.07, 6.45) is -0.141. The maximum absolute atomic E-state index is 12.4. The van der Waals surface area contributed by atoms with Crippen LogP contribution in [0.1, 0.15) is 22.4 Å². The Balaban J connectivity index is 1.33. The number of carboxylic acid groups (broad SMARTS) is 1. The second-order valence-electron chi connectivity index (χ2n) is 8.27. The van der Waals surface area contributed by atoms with Gasteiger partial charge in [0.1, 0.15) is 23.7 Å². The number of ether oxygens (including phenoxy) is 2. The molecule has 3 aromatic carbocycles. The summed E-state index contributed by atoms with van der Waals surface area (Å²) in [7, 11) is 0. The lowest BCUT2D eigenvalue weighted by Gasteiger charge is -2.09. The van der Waals surface area contributed by atoms with Gasteiger partial charge >= 0.3 is 12.1 Å². The van der Waals surface area contributed by atoms with Gasteiger partial charge in [0.15, 0.2) is 5.76 Å². The van der Waals surface area contributed by atoms with Gasteiger partial charge in [0, 0.05) is 17.0 Å². The number of carbonyl (C=O) groups excluding carboxylic acids is 1. The first-order chi connectivity index (χ1) is 17.9. The van der Waals surface area contributed by atoms with E-state index in [0.717, 1.165) is 16.7 Å². The number of aromatic nitrogens is 1. The molecule has 0 saturated heterocycles. The molecule has 0 aliphatic carbocycles. The average Bonchev–Trinajstić information content (AvgIpc) is 3.24. The van der Waals surface area contributed by atoms with E-state index in [4.69, 9.17) is 30.7 Å². The Morgan fingerprint density at radius 3 is 2.41 bits per heavy atom. The topological polar surface area (TPSA) is 111 Å². The van der Waals surface area contributed by atoms with E-state index in [1.54, 1.807) is 37.3 Å². The van der Waals surface area contributed by atoms with E-state index in [9.17, 15) is 9.59 Å². The number of amides is 1. The number of nitrogens with zero attached hydrogens (tertiary/aromatic N) is 1. The van der Waals surface area contributed by atoms with Crippen LogP contribution in [0.15, 0.2) is 77.3 Å². The fourth-order valence-electron chi connectivity index (χ4n) is 3.60. The zero-order valence-corrected chi connectivity index (χ0v) is 20.8. The van der Waals surface area contributed by atoms with Gasteiger partial charge in [-0.1, -0.05) is 71.4 Å². The first kappa shape index (κ1) is 25.8. The number of carboxylic acids is 1. The van der Waals surface area contributed by atoms with Gasteiger partial charge in [-0.2, -0.15) is 0 Å². The molecular formula is C28H25ClN2O6. The number of anilines is 1. The molecule has 1 amide bonds. The van der Waals surface area contributed by atoms with Crippen molar-refractivity contribution in [1.82, 2.24) is 5.16 Å². The summed E-state index contributed by atoms with van der Waals surface area (Å²) >= 11 is 6.14. The van der Waals surface area contributed by atoms with E-state index < -0.39 is 12.1 Å². The molecule has 8 nitrogen and oxygen atoms in total. The maximum Gasteiger partial charge on any atom is 0.411 e. The summed E-state index contributed by atoms with van der Waals surface area (Å²) < 4.78 is 16.6. The van der Waals surface area contributed by atoms with E-state index in [0.29, 0.717) is 46.5 Å². The van der Waals surface area contributed by atoms with E-state index in [2.05, 4.69) is 10.5 Å². The van der Waals surface area contributed by atoms with Gasteiger partial charge in [-0.3, -0.25) is 10.1 Å². The fraction of sp³-hybridized carbons (Fsp3) is 0.179. The third-order valence-corrected chi connectivity index (χ3v) is 5.92. The van der Waals surface area contributed by atoms with Crippen molar-refractivity contribution in [2.45, 2.75) is 26.4 Å². The fourth-order valence-corrected chi connectivity index (χ4v) is 3.83. The minimum atomic E-state index is -0.876. The van der Waals surface area contributed by atoms with Gasteiger partial charge in [-0.25, -0.2) is 4.79 Å². The lowest BCUT2D eigenvalue weighted by atomic mass is 10.1. The molecule has 0 atom stereocenters. The number of carbonyl (C=O) groups is 2. The van der Waals surface area contributed by atoms with Crippen molar-refractivity contribution < 1.29 is 28.7 Å². The van der Waals surface area contributed by atoms with Crippen LogP contribution in [0.5, 0.6) is 5.75 Å². The molecule has 1 heterocycles. The predicted octanol–water partition coefficient (Wildman–Crippen LogP) is 6.30. The van der Waals surface area contributed by atoms with Crippen molar-refractivity contribution in [2.24, 2.45) is 0 Å². The molecule has 1 aromatic heterocycles. The molecule has 0 aliphatic heterocycles. The minimum absolute atomic E-state index is 0.0278. The van der Waals surface area contributed by atoms with Crippen molar-refractivity contribution in [3.8, 4) is 17.1 Å². The smallest absolute Gasteiger partial charge is 0.411 e. The zero-order chi connectivity index (χ0) is 26.2. The Kier molecular flexibility index (Phi) is 8.43. The number of hydrogen-bond donors (Lipinski definition) is 2. The number of hydrogen-bond acceptors (Lipinski definition) is 6. The molecule has 37 heavy (non-hydrogen) atoms. The molecule has 0 fully saturated rings. The number of halogens is 1. The van der Waals surface area contributed by atoms with Gasteiger partial charge in [-0.15, -0.1) is 0 Å². The highest BCUT2D eigenvalue weighted by molar-refractivity contribution is 6.31. The summed E-state index contributed by atoms with van der Waals surface area (Å²) in [6.45, 7) is 2.24. The second kappa shape index (κ2) is 12.1. The average molecular weight is 521 g/mol. The molecule has 0 radical (unpaired) electrons. The predicted molar refractivity (Wildman–Crippen MR) is 139 cm³/mol. The largest absolute Gasteiger partial charge is 0.489 e. The Morgan fingerprint density at radius 1 is 1.00 bits per heavy atom. The Labute approximate surface area is 218 Å². The number of nitrogens with one attached hydrogen (secondary N) is 1. The lowest BCUT2D eigenvalue weighted by Crippen LogP contribution is -2.16. The molecule has 0 spiro atoms. The van der Waals surface area contributed by atoms with Crippen LogP contribution in [0.3, 0.4) is 0 Å². The van der Waals surface area contributed by atoms with Gasteiger partial charge in [0.2, 0.25) is 0 Å². The lowest BCUT2D eigenvalue weighted by molar-refractivity contribution is -0.136. The Morgan fingerprint density at radius 2 is 1.70 bits per heavy atom. The van der Waals surface area contributed by atoms with Crippen molar-refractivity contribution in [2.75, 3.05) is 11.9 Å². The van der Waals surface area contributed by atoms with Crippen LogP contribution in [0, 0.1) is 6.92 Å². The monoisotopic (exact) mass is 520 g/mol. The zero-order valence-electron chi connectivity index (χ0n) is 20.1. The van der Waals surface area contributed by atoms with Crippen LogP contribution in [0.4, 0.5) is 10.5 Å². The molecule has 0 aliphatic rings. The molecule has 2 N–H and O–H groups in total. The van der Waals surface area contributed by atoms with Gasteiger partial charge in [0.25, 0.3) is 0 Å². The summed E-state index contributed by atoms with van der Waals surface area (Å²) in [4.78, 5) is 23.2. The molecule has 0 bridgehead atoms. The van der Waals surface area contributed by atoms with E-state index >= 15 is 0 Å². The van der Waals surface area contributed by atoms with Crippen molar-refractivity contribution in [1.29, 1.82) is 0 Å². The number of rotatable bonds is 10. The number of aryl methyl sites for hydroxylation is 1. The third kappa shape index (κ3) is 7.11. The van der Waals surface area contributed by atoms with Crippen LogP contribution in [-0.2, 0) is 29.0 Å². The van der Waals surface area contributed by atoms with Crippen molar-refractivity contribution in [3.05, 3.63) is 100 Å². The number of benzene rings is 3. The van der Waals surface area contributed by atoms with Crippen LogP contribution in [-0.4, -0.2) is 28.9 Å². The molecule has 190 valence electrons. The summed E-state index contributed by atoms with van der Waals surface area (Å²) in [5.74, 6) is 0.185. The first-order valence-corrected chi connectivity index (χ1v) is 11.9. The highest BCUT2D eigenvalue weighted by atomic mass is 35.5. The first-order valence-electron chi connectivity index (χ1n) is 11.6. The molecule has 4 rings (SSSR count). The van der Waals surface area contributed by atoms with Crippen molar-refractivity contribution >= 4 is 29.4 Å². The van der Waals surface area contributed by atoms with Crippen LogP contribution in [0.25, 0.3) is 11.3 Å². The van der Waals surface area contributed by atoms with Gasteiger partial charge in [0.05, 0.1) is 13.0 Å². The highest BCUT2D eigenvalue weighted by Gasteiger charge is 2.18. The summed E-state index contributed by atoms with van der Waals surface area (Å²) in [5.41, 5.74) is 4.22. The maximum atomic E-state index is 12.4. The Hall–Kier alpha value is -4.30. The quantitative estimate of drug-likeness (QED) is 0.252. The van der Waals surface area contributed by atoms with Crippen LogP contribution in [0.2, 0.25) is 5.02 Å².